The predicted molar refractivity (Wildman–Crippen MR) is 73.2 cm³/mol. The first-order chi connectivity index (χ1) is 8.90. The minimum atomic E-state index is -0.372. The van der Waals surface area contributed by atoms with E-state index in [9.17, 15) is 4.79 Å². The average Bonchev–Trinajstić information content (AvgIpc) is 2.33. The molecule has 1 aromatic carbocycles. The summed E-state index contributed by atoms with van der Waals surface area (Å²) < 4.78 is 10.9. The van der Waals surface area contributed by atoms with E-state index in [1.807, 2.05) is 38.1 Å². The molecule has 1 amide bonds. The second-order valence-corrected chi connectivity index (χ2v) is 5.85. The molecule has 0 aromatic heterocycles. The largest absolute Gasteiger partial charge is 0.491 e. The van der Waals surface area contributed by atoms with Gasteiger partial charge in [0.1, 0.15) is 12.4 Å². The third-order valence-corrected chi connectivity index (χ3v) is 3.21. The van der Waals surface area contributed by atoms with Crippen LogP contribution >= 0.6 is 0 Å². The number of para-hydroxylation sites is 1. The fourth-order valence-corrected chi connectivity index (χ4v) is 2.27. The van der Waals surface area contributed by atoms with Crippen LogP contribution in [0.1, 0.15) is 39.3 Å². The zero-order valence-electron chi connectivity index (χ0n) is 11.9. The lowest BCUT2D eigenvalue weighted by molar-refractivity contribution is 0.0376. The highest BCUT2D eigenvalue weighted by atomic mass is 16.6. The van der Waals surface area contributed by atoms with Crippen molar-refractivity contribution < 1.29 is 14.3 Å². The molecule has 4 heteroatoms. The van der Waals surface area contributed by atoms with Crippen molar-refractivity contribution in [3.05, 3.63) is 29.8 Å². The molecule has 1 fully saturated rings. The van der Waals surface area contributed by atoms with Gasteiger partial charge in [-0.05, 0) is 19.9 Å². The molecule has 0 radical (unpaired) electrons. The first-order valence-electron chi connectivity index (χ1n) is 6.59. The number of cyclic esters (lactones) is 1. The van der Waals surface area contributed by atoms with Gasteiger partial charge in [0.15, 0.2) is 0 Å². The smallest absolute Gasteiger partial charge is 0.407 e. The number of benzene rings is 1. The van der Waals surface area contributed by atoms with Gasteiger partial charge in [-0.15, -0.1) is 0 Å². The molecule has 2 rings (SSSR count). The van der Waals surface area contributed by atoms with Crippen molar-refractivity contribution in [2.75, 3.05) is 6.61 Å². The van der Waals surface area contributed by atoms with Gasteiger partial charge in [-0.2, -0.15) is 0 Å². The van der Waals surface area contributed by atoms with Gasteiger partial charge in [-0.25, -0.2) is 4.79 Å². The van der Waals surface area contributed by atoms with Gasteiger partial charge >= 0.3 is 6.09 Å². The lowest BCUT2D eigenvalue weighted by Gasteiger charge is -2.39. The summed E-state index contributed by atoms with van der Waals surface area (Å²) in [6, 6.07) is 7.72. The zero-order valence-corrected chi connectivity index (χ0v) is 11.9. The standard InChI is InChI=1S/C15H21NO3/c1-10(2)19-12-8-6-5-7-11(12)13-15(3,4)9-18-14(17)16-13/h5-8,10,13H,9H2,1-4H3,(H,16,17)/t13-/m0/s1. The Hall–Kier alpha value is -1.71. The number of ether oxygens (including phenoxy) is 2. The van der Waals surface area contributed by atoms with Gasteiger partial charge in [0, 0.05) is 11.0 Å². The Bertz CT molecular complexity index is 468. The molecule has 1 saturated heterocycles. The minimum Gasteiger partial charge on any atom is -0.491 e. The number of hydrogen-bond acceptors (Lipinski definition) is 3. The van der Waals surface area contributed by atoms with Crippen LogP contribution < -0.4 is 10.1 Å². The molecule has 1 heterocycles. The molecular weight excluding hydrogens is 242 g/mol. The molecule has 1 aromatic rings. The fraction of sp³-hybridized carbons (Fsp3) is 0.533. The Morgan fingerprint density at radius 3 is 2.74 bits per heavy atom. The lowest BCUT2D eigenvalue weighted by atomic mass is 9.80. The summed E-state index contributed by atoms with van der Waals surface area (Å²) in [6.07, 6.45) is -0.275. The van der Waals surface area contributed by atoms with Crippen LogP contribution in [-0.2, 0) is 4.74 Å². The van der Waals surface area contributed by atoms with Gasteiger partial charge < -0.3 is 14.8 Å². The van der Waals surface area contributed by atoms with E-state index in [0.717, 1.165) is 11.3 Å². The molecule has 104 valence electrons. The number of alkyl carbamates (subject to hydrolysis) is 1. The first-order valence-corrected chi connectivity index (χ1v) is 6.59. The van der Waals surface area contributed by atoms with E-state index in [1.54, 1.807) is 0 Å². The van der Waals surface area contributed by atoms with E-state index in [1.165, 1.54) is 0 Å². The molecule has 0 aliphatic carbocycles. The molecule has 19 heavy (non-hydrogen) atoms. The van der Waals surface area contributed by atoms with Crippen molar-refractivity contribution in [3.63, 3.8) is 0 Å². The van der Waals surface area contributed by atoms with Crippen molar-refractivity contribution in [2.24, 2.45) is 5.41 Å². The topological polar surface area (TPSA) is 47.6 Å². The van der Waals surface area contributed by atoms with Crippen LogP contribution in [0, 0.1) is 5.41 Å². The summed E-state index contributed by atoms with van der Waals surface area (Å²) in [5, 5.41) is 2.90. The third-order valence-electron chi connectivity index (χ3n) is 3.21. The van der Waals surface area contributed by atoms with Crippen molar-refractivity contribution in [1.82, 2.24) is 5.32 Å². The average molecular weight is 263 g/mol. The van der Waals surface area contributed by atoms with Crippen molar-refractivity contribution in [3.8, 4) is 5.75 Å². The summed E-state index contributed by atoms with van der Waals surface area (Å²) in [5.41, 5.74) is 0.822. The maximum absolute atomic E-state index is 11.5. The molecule has 1 atom stereocenters. The van der Waals surface area contributed by atoms with E-state index in [4.69, 9.17) is 9.47 Å². The van der Waals surface area contributed by atoms with E-state index in [0.29, 0.717) is 6.61 Å². The number of carbonyl (C=O) groups excluding carboxylic acids is 1. The summed E-state index contributed by atoms with van der Waals surface area (Å²) in [4.78, 5) is 11.5. The Balaban J connectivity index is 2.36. The van der Waals surface area contributed by atoms with Crippen LogP contribution in [0.5, 0.6) is 5.75 Å². The lowest BCUT2D eigenvalue weighted by Crippen LogP contribution is -2.47. The molecule has 1 aliphatic rings. The quantitative estimate of drug-likeness (QED) is 0.910. The van der Waals surface area contributed by atoms with Gasteiger partial charge in [-0.1, -0.05) is 32.0 Å². The van der Waals surface area contributed by atoms with Crippen molar-refractivity contribution >= 4 is 6.09 Å². The van der Waals surface area contributed by atoms with Crippen molar-refractivity contribution in [1.29, 1.82) is 0 Å². The van der Waals surface area contributed by atoms with Gasteiger partial charge in [0.25, 0.3) is 0 Å². The maximum Gasteiger partial charge on any atom is 0.407 e. The molecule has 0 bridgehead atoms. The number of carbonyl (C=O) groups is 1. The number of rotatable bonds is 3. The SMILES string of the molecule is CC(C)Oc1ccccc1[C@@H]1NC(=O)OCC1(C)C. The second-order valence-electron chi connectivity index (χ2n) is 5.85. The number of nitrogens with one attached hydrogen (secondary N) is 1. The highest BCUT2D eigenvalue weighted by Gasteiger charge is 2.39. The van der Waals surface area contributed by atoms with Crippen LogP contribution in [0.4, 0.5) is 4.79 Å². The monoisotopic (exact) mass is 263 g/mol. The first kappa shape index (κ1) is 13.7. The fourth-order valence-electron chi connectivity index (χ4n) is 2.27. The van der Waals surface area contributed by atoms with E-state index < -0.39 is 0 Å². The van der Waals surface area contributed by atoms with Crippen LogP contribution in [0.2, 0.25) is 0 Å². The maximum atomic E-state index is 11.5. The second kappa shape index (κ2) is 5.11. The Morgan fingerprint density at radius 1 is 1.37 bits per heavy atom. The van der Waals surface area contributed by atoms with Crippen LogP contribution in [0.25, 0.3) is 0 Å². The molecule has 0 saturated carbocycles. The zero-order chi connectivity index (χ0) is 14.0. The molecule has 1 N–H and O–H groups in total. The highest BCUT2D eigenvalue weighted by molar-refractivity contribution is 5.69. The predicted octanol–water partition coefficient (Wildman–Crippen LogP) is 3.28. The van der Waals surface area contributed by atoms with Gasteiger partial charge in [0.05, 0.1) is 12.1 Å². The minimum absolute atomic E-state index is 0.0970. The number of amides is 1. The Morgan fingerprint density at radius 2 is 2.05 bits per heavy atom. The number of hydrogen-bond donors (Lipinski definition) is 1. The Labute approximate surface area is 114 Å². The third kappa shape index (κ3) is 3.00. The van der Waals surface area contributed by atoms with Gasteiger partial charge in [-0.3, -0.25) is 0 Å². The molecule has 4 nitrogen and oxygen atoms in total. The van der Waals surface area contributed by atoms with Crippen LogP contribution in [-0.4, -0.2) is 18.8 Å². The summed E-state index contributed by atoms with van der Waals surface area (Å²) in [7, 11) is 0. The molecule has 0 unspecified atom stereocenters. The summed E-state index contributed by atoms with van der Waals surface area (Å²) >= 11 is 0. The normalized spacial score (nSPS) is 21.7. The van der Waals surface area contributed by atoms with Crippen LogP contribution in [0.15, 0.2) is 24.3 Å². The molecule has 0 spiro atoms. The van der Waals surface area contributed by atoms with E-state index in [-0.39, 0.29) is 23.7 Å². The van der Waals surface area contributed by atoms with Crippen LogP contribution in [0.3, 0.4) is 0 Å². The van der Waals surface area contributed by atoms with Gasteiger partial charge in [0.2, 0.25) is 0 Å². The van der Waals surface area contributed by atoms with E-state index >= 15 is 0 Å². The van der Waals surface area contributed by atoms with Crippen molar-refractivity contribution in [2.45, 2.75) is 39.8 Å². The summed E-state index contributed by atoms with van der Waals surface area (Å²) in [6.45, 7) is 8.53. The summed E-state index contributed by atoms with van der Waals surface area (Å²) in [5.74, 6) is 0.817. The highest BCUT2D eigenvalue weighted by Crippen LogP contribution is 2.40. The molecule has 1 aliphatic heterocycles. The molecular formula is C15H21NO3. The Kier molecular flexibility index (Phi) is 3.69. The van der Waals surface area contributed by atoms with E-state index in [2.05, 4.69) is 19.2 Å².